The number of carboxylic acid groups (broad SMARTS) is 1. The minimum absolute atomic E-state index is 0.0404. The number of likely N-dealkylation sites (tertiary alicyclic amines) is 1. The van der Waals surface area contributed by atoms with Gasteiger partial charge in [-0.2, -0.15) is 0 Å². The van der Waals surface area contributed by atoms with Crippen molar-refractivity contribution in [3.05, 3.63) is 0 Å². The van der Waals surface area contributed by atoms with E-state index in [1.54, 1.807) is 11.8 Å². The average molecular weight is 304 g/mol. The van der Waals surface area contributed by atoms with Crippen LogP contribution in [0.5, 0.6) is 0 Å². The van der Waals surface area contributed by atoms with Crippen LogP contribution in [0.15, 0.2) is 0 Å². The highest BCUT2D eigenvalue weighted by Crippen LogP contribution is 2.12. The van der Waals surface area contributed by atoms with Crippen LogP contribution in [0, 0.1) is 0 Å². The number of hydrogen-bond acceptors (Lipinski definition) is 5. The molecule has 20 heavy (non-hydrogen) atoms. The van der Waals surface area contributed by atoms with Gasteiger partial charge in [0.05, 0.1) is 18.1 Å². The van der Waals surface area contributed by atoms with E-state index in [1.807, 2.05) is 0 Å². The first-order valence-corrected chi connectivity index (χ1v) is 7.69. The molecular formula is C12H20N2O5S. The van der Waals surface area contributed by atoms with Gasteiger partial charge in [0, 0.05) is 19.1 Å². The highest BCUT2D eigenvalue weighted by molar-refractivity contribution is 8.00. The summed E-state index contributed by atoms with van der Waals surface area (Å²) in [5.74, 6) is -1.02. The molecular weight excluding hydrogens is 284 g/mol. The number of nitrogens with zero attached hydrogens (tertiary/aromatic N) is 1. The first-order valence-electron chi connectivity index (χ1n) is 6.53. The lowest BCUT2D eigenvalue weighted by molar-refractivity contribution is -0.133. The van der Waals surface area contributed by atoms with Crippen molar-refractivity contribution in [1.82, 2.24) is 10.2 Å². The highest BCUT2D eigenvalue weighted by atomic mass is 32.2. The molecule has 1 aliphatic rings. The normalized spacial score (nSPS) is 15.8. The maximum absolute atomic E-state index is 11.6. The Labute approximate surface area is 122 Å². The summed E-state index contributed by atoms with van der Waals surface area (Å²) >= 11 is 1.07. The summed E-state index contributed by atoms with van der Waals surface area (Å²) in [7, 11) is 0. The van der Waals surface area contributed by atoms with Gasteiger partial charge in [0.25, 0.3) is 0 Å². The molecule has 1 heterocycles. The molecule has 1 rings (SSSR count). The van der Waals surface area contributed by atoms with Gasteiger partial charge in [-0.1, -0.05) is 0 Å². The Balaban J connectivity index is 2.20. The zero-order valence-electron chi connectivity index (χ0n) is 11.5. The third-order valence-electron chi connectivity index (χ3n) is 2.84. The smallest absolute Gasteiger partial charge is 0.409 e. The van der Waals surface area contributed by atoms with E-state index in [4.69, 9.17) is 9.84 Å². The van der Waals surface area contributed by atoms with Crippen molar-refractivity contribution in [2.45, 2.75) is 25.8 Å². The van der Waals surface area contributed by atoms with Crippen LogP contribution in [0.25, 0.3) is 0 Å². The quantitative estimate of drug-likeness (QED) is 0.743. The van der Waals surface area contributed by atoms with Crippen LogP contribution in [0.4, 0.5) is 4.79 Å². The number of ether oxygens (including phenoxy) is 1. The van der Waals surface area contributed by atoms with Crippen molar-refractivity contribution in [2.24, 2.45) is 0 Å². The molecule has 0 atom stereocenters. The summed E-state index contributed by atoms with van der Waals surface area (Å²) in [5.41, 5.74) is 0. The minimum atomic E-state index is -0.925. The number of carbonyl (C=O) groups is 3. The molecule has 7 nitrogen and oxygen atoms in total. The Hall–Kier alpha value is -1.44. The summed E-state index contributed by atoms with van der Waals surface area (Å²) in [5, 5.41) is 11.3. The van der Waals surface area contributed by atoms with Gasteiger partial charge in [-0.3, -0.25) is 9.59 Å². The Morgan fingerprint density at radius 3 is 2.50 bits per heavy atom. The lowest BCUT2D eigenvalue weighted by atomic mass is 10.1. The zero-order chi connectivity index (χ0) is 15.0. The molecule has 0 bridgehead atoms. The van der Waals surface area contributed by atoms with E-state index in [2.05, 4.69) is 5.32 Å². The number of hydrogen-bond donors (Lipinski definition) is 2. The molecule has 0 aliphatic carbocycles. The summed E-state index contributed by atoms with van der Waals surface area (Å²) in [6, 6.07) is 0.0404. The van der Waals surface area contributed by atoms with Gasteiger partial charge in [-0.15, -0.1) is 11.8 Å². The summed E-state index contributed by atoms with van der Waals surface area (Å²) < 4.78 is 4.91. The number of rotatable bonds is 6. The second-order valence-corrected chi connectivity index (χ2v) is 5.40. The topological polar surface area (TPSA) is 95.9 Å². The molecule has 0 radical (unpaired) electrons. The number of carboxylic acids is 1. The van der Waals surface area contributed by atoms with Gasteiger partial charge in [-0.05, 0) is 19.8 Å². The molecule has 0 aromatic carbocycles. The van der Waals surface area contributed by atoms with E-state index in [1.165, 1.54) is 0 Å². The van der Waals surface area contributed by atoms with Gasteiger partial charge >= 0.3 is 12.1 Å². The molecule has 0 aromatic rings. The highest BCUT2D eigenvalue weighted by Gasteiger charge is 2.24. The van der Waals surface area contributed by atoms with Crippen molar-refractivity contribution >= 4 is 29.7 Å². The number of thioether (sulfide) groups is 1. The van der Waals surface area contributed by atoms with E-state index in [9.17, 15) is 14.4 Å². The SMILES string of the molecule is CCOC(=O)N1CCC(NC(=O)CSCC(=O)O)CC1. The fraction of sp³-hybridized carbons (Fsp3) is 0.750. The van der Waals surface area contributed by atoms with Gasteiger partial charge in [0.2, 0.25) is 5.91 Å². The minimum Gasteiger partial charge on any atom is -0.481 e. The van der Waals surface area contributed by atoms with Crippen LogP contribution in [0.3, 0.4) is 0 Å². The first kappa shape index (κ1) is 16.6. The van der Waals surface area contributed by atoms with Crippen molar-refractivity contribution in [2.75, 3.05) is 31.2 Å². The van der Waals surface area contributed by atoms with Crippen molar-refractivity contribution in [1.29, 1.82) is 0 Å². The molecule has 0 unspecified atom stereocenters. The lowest BCUT2D eigenvalue weighted by Gasteiger charge is -2.31. The first-order chi connectivity index (χ1) is 9.52. The molecule has 8 heteroatoms. The van der Waals surface area contributed by atoms with E-state index >= 15 is 0 Å². The van der Waals surface area contributed by atoms with E-state index in [0.29, 0.717) is 32.5 Å². The third kappa shape index (κ3) is 6.14. The molecule has 1 aliphatic heterocycles. The van der Waals surface area contributed by atoms with Crippen LogP contribution >= 0.6 is 11.8 Å². The Kier molecular flexibility index (Phi) is 7.21. The molecule has 0 aromatic heterocycles. The Bertz CT molecular complexity index is 356. The Morgan fingerprint density at radius 1 is 1.30 bits per heavy atom. The monoisotopic (exact) mass is 304 g/mol. The fourth-order valence-electron chi connectivity index (χ4n) is 1.92. The van der Waals surface area contributed by atoms with Crippen LogP contribution in [0.2, 0.25) is 0 Å². The standard InChI is InChI=1S/C12H20N2O5S/c1-2-19-12(18)14-5-3-9(4-6-14)13-10(15)7-20-8-11(16)17/h9H,2-8H2,1H3,(H,13,15)(H,16,17). The van der Waals surface area contributed by atoms with Crippen LogP contribution < -0.4 is 5.32 Å². The van der Waals surface area contributed by atoms with Crippen molar-refractivity contribution in [3.8, 4) is 0 Å². The maximum Gasteiger partial charge on any atom is 0.409 e. The number of amides is 2. The average Bonchev–Trinajstić information content (AvgIpc) is 2.39. The largest absolute Gasteiger partial charge is 0.481 e. The number of piperidine rings is 1. The molecule has 0 spiro atoms. The van der Waals surface area contributed by atoms with Gasteiger partial charge in [0.1, 0.15) is 0 Å². The summed E-state index contributed by atoms with van der Waals surface area (Å²) in [4.78, 5) is 35.0. The summed E-state index contributed by atoms with van der Waals surface area (Å²) in [6.07, 6.45) is 1.07. The van der Waals surface area contributed by atoms with Gasteiger partial charge < -0.3 is 20.1 Å². The molecule has 2 amide bonds. The molecule has 114 valence electrons. The number of nitrogens with one attached hydrogen (secondary N) is 1. The predicted molar refractivity (Wildman–Crippen MR) is 74.7 cm³/mol. The number of carbonyl (C=O) groups excluding carboxylic acids is 2. The van der Waals surface area contributed by atoms with Crippen molar-refractivity contribution < 1.29 is 24.2 Å². The van der Waals surface area contributed by atoms with E-state index in [-0.39, 0.29) is 29.5 Å². The molecule has 1 fully saturated rings. The Morgan fingerprint density at radius 2 is 1.95 bits per heavy atom. The van der Waals surface area contributed by atoms with Crippen LogP contribution in [0.1, 0.15) is 19.8 Å². The van der Waals surface area contributed by atoms with Crippen molar-refractivity contribution in [3.63, 3.8) is 0 Å². The maximum atomic E-state index is 11.6. The fourth-order valence-corrected chi connectivity index (χ4v) is 2.47. The third-order valence-corrected chi connectivity index (χ3v) is 3.76. The van der Waals surface area contributed by atoms with E-state index < -0.39 is 5.97 Å². The van der Waals surface area contributed by atoms with Crippen LogP contribution in [-0.2, 0) is 14.3 Å². The zero-order valence-corrected chi connectivity index (χ0v) is 12.3. The summed E-state index contributed by atoms with van der Waals surface area (Å²) in [6.45, 7) is 3.24. The van der Waals surface area contributed by atoms with Crippen LogP contribution in [-0.4, -0.2) is 65.2 Å². The molecule has 2 N–H and O–H groups in total. The predicted octanol–water partition coefficient (Wildman–Crippen LogP) is 0.541. The second kappa shape index (κ2) is 8.68. The van der Waals surface area contributed by atoms with Gasteiger partial charge in [-0.25, -0.2) is 4.79 Å². The van der Waals surface area contributed by atoms with E-state index in [0.717, 1.165) is 11.8 Å². The second-order valence-electron chi connectivity index (χ2n) is 4.41. The molecule has 1 saturated heterocycles. The molecule has 0 saturated carbocycles. The lowest BCUT2D eigenvalue weighted by Crippen LogP contribution is -2.47. The van der Waals surface area contributed by atoms with Gasteiger partial charge in [0.15, 0.2) is 0 Å². The number of aliphatic carboxylic acids is 1.